The highest BCUT2D eigenvalue weighted by atomic mass is 16.3. The summed E-state index contributed by atoms with van der Waals surface area (Å²) >= 11 is 0. The minimum absolute atomic E-state index is 0.148. The van der Waals surface area contributed by atoms with Crippen LogP contribution in [-0.2, 0) is 0 Å². The van der Waals surface area contributed by atoms with Crippen molar-refractivity contribution in [2.75, 3.05) is 6.61 Å². The molecule has 0 amide bonds. The zero-order chi connectivity index (χ0) is 6.41. The summed E-state index contributed by atoms with van der Waals surface area (Å²) in [6.45, 7) is 4.08. The molecule has 0 aromatic rings. The van der Waals surface area contributed by atoms with Gasteiger partial charge in [0.1, 0.15) is 0 Å². The van der Waals surface area contributed by atoms with Crippen molar-refractivity contribution in [1.29, 1.82) is 0 Å². The Morgan fingerprint density at radius 2 is 2.25 bits per heavy atom. The Labute approximate surface area is 50.7 Å². The maximum Gasteiger partial charge on any atom is 0.0566 e. The second kappa shape index (κ2) is 4.67. The zero-order valence-corrected chi connectivity index (χ0v) is 5.44. The van der Waals surface area contributed by atoms with Crippen LogP contribution >= 0.6 is 0 Å². The number of aliphatic hydroxyl groups is 1. The van der Waals surface area contributed by atoms with Gasteiger partial charge in [-0.05, 0) is 6.92 Å². The molecule has 0 aromatic carbocycles. The van der Waals surface area contributed by atoms with Crippen molar-refractivity contribution in [3.05, 3.63) is 0 Å². The van der Waals surface area contributed by atoms with E-state index in [0.29, 0.717) is 0 Å². The molecule has 0 radical (unpaired) electrons. The Kier molecular flexibility index (Phi) is 4.39. The van der Waals surface area contributed by atoms with E-state index in [1.54, 1.807) is 0 Å². The van der Waals surface area contributed by atoms with E-state index in [-0.39, 0.29) is 12.5 Å². The predicted molar refractivity (Wildman–Crippen MR) is 34.3 cm³/mol. The van der Waals surface area contributed by atoms with Crippen LogP contribution in [0.1, 0.15) is 20.3 Å². The fourth-order valence-corrected chi connectivity index (χ4v) is 0.322. The molecule has 1 heteroatoms. The van der Waals surface area contributed by atoms with Crippen LogP contribution in [0.3, 0.4) is 0 Å². The van der Waals surface area contributed by atoms with Crippen LogP contribution in [0, 0.1) is 17.8 Å². The molecule has 1 N–H and O–H groups in total. The summed E-state index contributed by atoms with van der Waals surface area (Å²) in [6, 6.07) is 0. The molecular weight excluding hydrogens is 100 g/mol. The largest absolute Gasteiger partial charge is 0.395 e. The predicted octanol–water partition coefficient (Wildman–Crippen LogP) is 1.03. The van der Waals surface area contributed by atoms with Crippen LogP contribution in [0.15, 0.2) is 0 Å². The molecule has 0 rings (SSSR count). The van der Waals surface area contributed by atoms with Crippen molar-refractivity contribution in [2.24, 2.45) is 5.92 Å². The lowest BCUT2D eigenvalue weighted by Crippen LogP contribution is -1.95. The van der Waals surface area contributed by atoms with Gasteiger partial charge in [0.25, 0.3) is 0 Å². The maximum absolute atomic E-state index is 8.46. The van der Waals surface area contributed by atoms with Gasteiger partial charge in [-0.15, -0.1) is 5.92 Å². The van der Waals surface area contributed by atoms with E-state index >= 15 is 0 Å². The third-order valence-corrected chi connectivity index (χ3v) is 0.799. The smallest absolute Gasteiger partial charge is 0.0566 e. The Morgan fingerprint density at radius 3 is 2.62 bits per heavy atom. The third kappa shape index (κ3) is 3.70. The van der Waals surface area contributed by atoms with Gasteiger partial charge >= 0.3 is 0 Å². The van der Waals surface area contributed by atoms with E-state index in [0.717, 1.165) is 6.42 Å². The lowest BCUT2D eigenvalue weighted by Gasteiger charge is -1.92. The highest BCUT2D eigenvalue weighted by Gasteiger charge is 1.88. The fourth-order valence-electron chi connectivity index (χ4n) is 0.322. The van der Waals surface area contributed by atoms with Gasteiger partial charge in [-0.1, -0.05) is 12.8 Å². The zero-order valence-electron chi connectivity index (χ0n) is 5.44. The number of hydrogen-bond acceptors (Lipinski definition) is 1. The molecule has 8 heavy (non-hydrogen) atoms. The first-order valence-corrected chi connectivity index (χ1v) is 2.90. The molecule has 0 aliphatic carbocycles. The van der Waals surface area contributed by atoms with Crippen molar-refractivity contribution >= 4 is 0 Å². The van der Waals surface area contributed by atoms with Crippen LogP contribution in [0.25, 0.3) is 0 Å². The van der Waals surface area contributed by atoms with E-state index in [1.165, 1.54) is 0 Å². The van der Waals surface area contributed by atoms with E-state index < -0.39 is 0 Å². The molecule has 0 spiro atoms. The summed E-state index contributed by atoms with van der Waals surface area (Å²) in [5.74, 6) is 5.92. The Bertz CT molecular complexity index is 96.7. The molecular formula is C7H12O. The summed E-state index contributed by atoms with van der Waals surface area (Å²) in [7, 11) is 0. The van der Waals surface area contributed by atoms with Crippen molar-refractivity contribution in [3.8, 4) is 11.8 Å². The fraction of sp³-hybridized carbons (Fsp3) is 0.714. The van der Waals surface area contributed by atoms with E-state index in [1.807, 2.05) is 13.8 Å². The second-order valence-electron chi connectivity index (χ2n) is 1.76. The first-order valence-electron chi connectivity index (χ1n) is 2.90. The molecule has 0 bridgehead atoms. The van der Waals surface area contributed by atoms with Gasteiger partial charge in [0.15, 0.2) is 0 Å². The Hall–Kier alpha value is -0.480. The summed E-state index contributed by atoms with van der Waals surface area (Å²) in [5.41, 5.74) is 0. The van der Waals surface area contributed by atoms with Gasteiger partial charge in [0.05, 0.1) is 6.61 Å². The first-order chi connectivity index (χ1) is 3.81. The van der Waals surface area contributed by atoms with Crippen LogP contribution in [0.4, 0.5) is 0 Å². The molecule has 0 saturated heterocycles. The SMILES string of the molecule is CCC#CC(C)CO. The van der Waals surface area contributed by atoms with E-state index in [4.69, 9.17) is 5.11 Å². The molecule has 0 fully saturated rings. The Balaban J connectivity index is 3.35. The van der Waals surface area contributed by atoms with Crippen LogP contribution in [-0.4, -0.2) is 11.7 Å². The normalized spacial score (nSPS) is 11.9. The molecule has 0 aliphatic heterocycles. The quantitative estimate of drug-likeness (QED) is 0.502. The minimum atomic E-state index is 0.148. The Morgan fingerprint density at radius 1 is 1.62 bits per heavy atom. The molecule has 0 heterocycles. The van der Waals surface area contributed by atoms with Gasteiger partial charge < -0.3 is 5.11 Å². The summed E-state index contributed by atoms with van der Waals surface area (Å²) in [4.78, 5) is 0. The molecule has 46 valence electrons. The summed E-state index contributed by atoms with van der Waals surface area (Å²) in [6.07, 6.45) is 0.879. The van der Waals surface area contributed by atoms with Gasteiger partial charge in [-0.25, -0.2) is 0 Å². The summed E-state index contributed by atoms with van der Waals surface area (Å²) < 4.78 is 0. The highest BCUT2D eigenvalue weighted by molar-refractivity contribution is 5.01. The number of rotatable bonds is 1. The average Bonchev–Trinajstić information content (AvgIpc) is 1.83. The van der Waals surface area contributed by atoms with Crippen molar-refractivity contribution in [2.45, 2.75) is 20.3 Å². The van der Waals surface area contributed by atoms with Gasteiger partial charge in [0, 0.05) is 12.3 Å². The van der Waals surface area contributed by atoms with Crippen molar-refractivity contribution in [3.63, 3.8) is 0 Å². The molecule has 0 aliphatic rings. The molecule has 0 saturated carbocycles. The van der Waals surface area contributed by atoms with Crippen molar-refractivity contribution < 1.29 is 5.11 Å². The molecule has 1 nitrogen and oxygen atoms in total. The second-order valence-corrected chi connectivity index (χ2v) is 1.76. The van der Waals surface area contributed by atoms with Crippen LogP contribution in [0.5, 0.6) is 0 Å². The van der Waals surface area contributed by atoms with Gasteiger partial charge in [0.2, 0.25) is 0 Å². The first kappa shape index (κ1) is 7.52. The maximum atomic E-state index is 8.46. The van der Waals surface area contributed by atoms with E-state index in [9.17, 15) is 0 Å². The van der Waals surface area contributed by atoms with Crippen LogP contribution in [0.2, 0.25) is 0 Å². The standard InChI is InChI=1S/C7H12O/c1-3-4-5-7(2)6-8/h7-8H,3,6H2,1-2H3. The molecule has 0 aromatic heterocycles. The summed E-state index contributed by atoms with van der Waals surface area (Å²) in [5, 5.41) is 8.46. The van der Waals surface area contributed by atoms with Gasteiger partial charge in [-0.2, -0.15) is 0 Å². The molecule has 1 unspecified atom stereocenters. The number of hydrogen-bond donors (Lipinski definition) is 1. The molecule has 1 atom stereocenters. The lowest BCUT2D eigenvalue weighted by atomic mass is 10.2. The topological polar surface area (TPSA) is 20.2 Å². The van der Waals surface area contributed by atoms with Crippen LogP contribution < -0.4 is 0 Å². The highest BCUT2D eigenvalue weighted by Crippen LogP contribution is 1.87. The van der Waals surface area contributed by atoms with Gasteiger partial charge in [-0.3, -0.25) is 0 Å². The third-order valence-electron chi connectivity index (χ3n) is 0.799. The van der Waals surface area contributed by atoms with E-state index in [2.05, 4.69) is 11.8 Å². The minimum Gasteiger partial charge on any atom is -0.395 e. The average molecular weight is 112 g/mol. The monoisotopic (exact) mass is 112 g/mol. The number of aliphatic hydroxyl groups excluding tert-OH is 1. The van der Waals surface area contributed by atoms with Crippen molar-refractivity contribution in [1.82, 2.24) is 0 Å². The lowest BCUT2D eigenvalue weighted by molar-refractivity contribution is 0.266.